The van der Waals surface area contributed by atoms with Gasteiger partial charge in [0.2, 0.25) is 5.91 Å². The van der Waals surface area contributed by atoms with Gasteiger partial charge in [-0.1, -0.05) is 26.8 Å². The zero-order valence-corrected chi connectivity index (χ0v) is 10.6. The molecule has 0 spiro atoms. The van der Waals surface area contributed by atoms with Crippen molar-refractivity contribution < 1.29 is 9.53 Å². The Bertz CT molecular complexity index is 331. The fourth-order valence-corrected chi connectivity index (χ4v) is 2.86. The first-order valence-electron chi connectivity index (χ1n) is 5.94. The molecule has 1 amide bonds. The van der Waals surface area contributed by atoms with Gasteiger partial charge in [0, 0.05) is 11.8 Å². The molecule has 0 radical (unpaired) electrons. The van der Waals surface area contributed by atoms with E-state index in [0.717, 1.165) is 6.42 Å². The van der Waals surface area contributed by atoms with Crippen LogP contribution in [0, 0.1) is 5.41 Å². The minimum Gasteiger partial charge on any atom is -0.352 e. The van der Waals surface area contributed by atoms with Gasteiger partial charge in [0.25, 0.3) is 0 Å². The number of carbonyl (C=O) groups is 1. The van der Waals surface area contributed by atoms with Crippen LogP contribution in [0.3, 0.4) is 0 Å². The van der Waals surface area contributed by atoms with Gasteiger partial charge >= 0.3 is 0 Å². The second kappa shape index (κ2) is 3.33. The van der Waals surface area contributed by atoms with Crippen LogP contribution in [-0.4, -0.2) is 28.7 Å². The highest BCUT2D eigenvalue weighted by molar-refractivity contribution is 5.81. The van der Waals surface area contributed by atoms with Crippen LogP contribution in [0.15, 0.2) is 12.7 Å². The maximum absolute atomic E-state index is 12.0. The molecule has 2 saturated heterocycles. The smallest absolute Gasteiger partial charge is 0.225 e. The van der Waals surface area contributed by atoms with Crippen molar-refractivity contribution in [3.8, 4) is 0 Å². The Morgan fingerprint density at radius 2 is 2.19 bits per heavy atom. The van der Waals surface area contributed by atoms with Crippen molar-refractivity contribution >= 4 is 5.91 Å². The largest absolute Gasteiger partial charge is 0.352 e. The summed E-state index contributed by atoms with van der Waals surface area (Å²) in [4.78, 5) is 13.9. The first-order valence-corrected chi connectivity index (χ1v) is 5.94. The van der Waals surface area contributed by atoms with E-state index in [4.69, 9.17) is 4.74 Å². The van der Waals surface area contributed by atoms with Crippen molar-refractivity contribution in [1.29, 1.82) is 0 Å². The number of rotatable bonds is 1. The van der Waals surface area contributed by atoms with Crippen molar-refractivity contribution in [2.45, 2.75) is 58.4 Å². The fraction of sp³-hybridized carbons (Fsp3) is 0.769. The van der Waals surface area contributed by atoms with Crippen LogP contribution in [0.2, 0.25) is 0 Å². The first kappa shape index (κ1) is 11.6. The Labute approximate surface area is 97.5 Å². The summed E-state index contributed by atoms with van der Waals surface area (Å²) < 4.78 is 5.99. The molecule has 0 saturated carbocycles. The Kier molecular flexibility index (Phi) is 2.42. The third-order valence-electron chi connectivity index (χ3n) is 3.82. The van der Waals surface area contributed by atoms with Gasteiger partial charge in [-0.2, -0.15) is 0 Å². The summed E-state index contributed by atoms with van der Waals surface area (Å²) in [6.07, 6.45) is 3.26. The van der Waals surface area contributed by atoms with Crippen LogP contribution < -0.4 is 0 Å². The minimum absolute atomic E-state index is 0.0423. The summed E-state index contributed by atoms with van der Waals surface area (Å²) in [6.45, 7) is 12.3. The van der Waals surface area contributed by atoms with Crippen LogP contribution in [-0.2, 0) is 9.53 Å². The van der Waals surface area contributed by atoms with Gasteiger partial charge in [-0.05, 0) is 13.3 Å². The van der Waals surface area contributed by atoms with E-state index in [1.807, 2.05) is 17.9 Å². The number of fused-ring (bicyclic) bond motifs is 1. The molecule has 3 atom stereocenters. The second-order valence-electron chi connectivity index (χ2n) is 5.96. The van der Waals surface area contributed by atoms with Crippen molar-refractivity contribution in [2.75, 3.05) is 0 Å². The highest BCUT2D eigenvalue weighted by atomic mass is 16.5. The molecule has 16 heavy (non-hydrogen) atoms. The lowest BCUT2D eigenvalue weighted by Gasteiger charge is -2.36. The Balaban J connectivity index is 2.42. The molecule has 0 aromatic carbocycles. The molecule has 0 aliphatic carbocycles. The summed E-state index contributed by atoms with van der Waals surface area (Å²) in [6, 6.07) is 0. The lowest BCUT2D eigenvalue weighted by Crippen LogP contribution is -2.50. The van der Waals surface area contributed by atoms with Crippen molar-refractivity contribution in [3.05, 3.63) is 12.7 Å². The standard InChI is InChI=1S/C13H21NO2/c1-6-13-8-7-10(15)14(13)11(12(3,4)5)16-9(13)2/h6,9,11H,1,7-8H2,2-5H3/t9?,11-,13+/m1/s1. The van der Waals surface area contributed by atoms with Crippen LogP contribution >= 0.6 is 0 Å². The highest BCUT2D eigenvalue weighted by Gasteiger charge is 2.58. The van der Waals surface area contributed by atoms with Crippen LogP contribution in [0.4, 0.5) is 0 Å². The van der Waals surface area contributed by atoms with Crippen molar-refractivity contribution in [2.24, 2.45) is 5.41 Å². The number of hydrogen-bond acceptors (Lipinski definition) is 2. The third-order valence-corrected chi connectivity index (χ3v) is 3.82. The van der Waals surface area contributed by atoms with E-state index in [2.05, 4.69) is 27.4 Å². The monoisotopic (exact) mass is 223 g/mol. The molecule has 0 aromatic rings. The molecule has 2 rings (SSSR count). The van der Waals surface area contributed by atoms with E-state index in [1.54, 1.807) is 0 Å². The zero-order chi connectivity index (χ0) is 12.1. The molecule has 3 heteroatoms. The number of hydrogen-bond donors (Lipinski definition) is 0. The van der Waals surface area contributed by atoms with Gasteiger partial charge in [0.1, 0.15) is 6.23 Å². The molecule has 0 bridgehead atoms. The summed E-state index contributed by atoms with van der Waals surface area (Å²) in [5, 5.41) is 0. The average molecular weight is 223 g/mol. The van der Waals surface area contributed by atoms with Crippen molar-refractivity contribution in [1.82, 2.24) is 4.90 Å². The predicted molar refractivity (Wildman–Crippen MR) is 62.8 cm³/mol. The number of nitrogens with zero attached hydrogens (tertiary/aromatic N) is 1. The molecular formula is C13H21NO2. The molecule has 1 unspecified atom stereocenters. The lowest BCUT2D eigenvalue weighted by molar-refractivity contribution is -0.141. The number of amides is 1. The fourth-order valence-electron chi connectivity index (χ4n) is 2.86. The second-order valence-corrected chi connectivity index (χ2v) is 5.96. The first-order chi connectivity index (χ1) is 7.33. The normalized spacial score (nSPS) is 39.0. The maximum Gasteiger partial charge on any atom is 0.225 e. The molecule has 2 aliphatic rings. The number of carbonyl (C=O) groups excluding carboxylic acids is 1. The lowest BCUT2D eigenvalue weighted by atomic mass is 9.89. The quantitative estimate of drug-likeness (QED) is 0.638. The maximum atomic E-state index is 12.0. The minimum atomic E-state index is -0.269. The summed E-state index contributed by atoms with van der Waals surface area (Å²) >= 11 is 0. The summed E-state index contributed by atoms with van der Waals surface area (Å²) in [5.41, 5.74) is -0.325. The van der Waals surface area contributed by atoms with E-state index in [9.17, 15) is 4.79 Å². The van der Waals surface area contributed by atoms with Crippen LogP contribution in [0.5, 0.6) is 0 Å². The van der Waals surface area contributed by atoms with Gasteiger partial charge < -0.3 is 9.64 Å². The predicted octanol–water partition coefficient (Wildman–Crippen LogP) is 2.32. The SMILES string of the molecule is C=C[C@@]12CCC(=O)N1[C@@H](C(C)(C)C)OC2C. The molecular weight excluding hydrogens is 202 g/mol. The van der Waals surface area contributed by atoms with E-state index in [1.165, 1.54) is 0 Å². The zero-order valence-electron chi connectivity index (χ0n) is 10.6. The number of ether oxygens (including phenoxy) is 1. The Morgan fingerprint density at radius 3 is 2.69 bits per heavy atom. The van der Waals surface area contributed by atoms with E-state index < -0.39 is 0 Å². The average Bonchev–Trinajstić information content (AvgIpc) is 2.65. The Hall–Kier alpha value is -0.830. The van der Waals surface area contributed by atoms with Crippen LogP contribution in [0.1, 0.15) is 40.5 Å². The summed E-state index contributed by atoms with van der Waals surface area (Å²) in [7, 11) is 0. The van der Waals surface area contributed by atoms with E-state index in [-0.39, 0.29) is 29.2 Å². The molecule has 2 aliphatic heterocycles. The topological polar surface area (TPSA) is 29.5 Å². The van der Waals surface area contributed by atoms with Crippen molar-refractivity contribution in [3.63, 3.8) is 0 Å². The van der Waals surface area contributed by atoms with Gasteiger partial charge in [-0.3, -0.25) is 4.79 Å². The molecule has 3 nitrogen and oxygen atoms in total. The molecule has 0 N–H and O–H groups in total. The van der Waals surface area contributed by atoms with Gasteiger partial charge in [-0.25, -0.2) is 0 Å². The summed E-state index contributed by atoms with van der Waals surface area (Å²) in [5.74, 6) is 0.198. The highest BCUT2D eigenvalue weighted by Crippen LogP contribution is 2.47. The van der Waals surface area contributed by atoms with E-state index >= 15 is 0 Å². The van der Waals surface area contributed by atoms with E-state index in [0.29, 0.717) is 6.42 Å². The van der Waals surface area contributed by atoms with Gasteiger partial charge in [0.15, 0.2) is 0 Å². The van der Waals surface area contributed by atoms with Gasteiger partial charge in [-0.15, -0.1) is 6.58 Å². The molecule has 0 aromatic heterocycles. The molecule has 90 valence electrons. The van der Waals surface area contributed by atoms with Crippen LogP contribution in [0.25, 0.3) is 0 Å². The molecule has 2 fully saturated rings. The molecule has 2 heterocycles. The Morgan fingerprint density at radius 1 is 1.56 bits per heavy atom. The third kappa shape index (κ3) is 1.34. The van der Waals surface area contributed by atoms with Gasteiger partial charge in [0.05, 0.1) is 11.6 Å².